The second-order valence-corrected chi connectivity index (χ2v) is 5.29. The van der Waals surface area contributed by atoms with Gasteiger partial charge in [0.2, 0.25) is 0 Å². The molecule has 1 aliphatic heterocycles. The van der Waals surface area contributed by atoms with E-state index in [2.05, 4.69) is 35.6 Å². The van der Waals surface area contributed by atoms with Crippen LogP contribution in [0, 0.1) is 0 Å². The van der Waals surface area contributed by atoms with Crippen LogP contribution in [0.15, 0.2) is 11.6 Å². The van der Waals surface area contributed by atoms with Gasteiger partial charge in [-0.1, -0.05) is 34.2 Å². The van der Waals surface area contributed by atoms with E-state index in [1.54, 1.807) is 0 Å². The summed E-state index contributed by atoms with van der Waals surface area (Å²) in [6, 6.07) is 0. The fourth-order valence-electron chi connectivity index (χ4n) is 1.73. The maximum absolute atomic E-state index is 5.55. The molecule has 0 atom stereocenters. The van der Waals surface area contributed by atoms with E-state index in [0.29, 0.717) is 0 Å². The molecule has 2 nitrogen and oxygen atoms in total. The topological polar surface area (TPSA) is 18.5 Å². The molecule has 0 aromatic rings. The monoisotopic (exact) mass is 324 g/mol. The minimum absolute atomic E-state index is 0.319. The summed E-state index contributed by atoms with van der Waals surface area (Å²) in [5.74, 6) is -0.319. The van der Waals surface area contributed by atoms with Crippen LogP contribution in [-0.2, 0) is 9.47 Å². The molecule has 0 aromatic carbocycles. The van der Waals surface area contributed by atoms with E-state index < -0.39 is 0 Å². The minimum Gasteiger partial charge on any atom is -0.348 e. The Morgan fingerprint density at radius 1 is 1.40 bits per heavy atom. The molecule has 1 heterocycles. The van der Waals surface area contributed by atoms with Gasteiger partial charge in [-0.25, -0.2) is 0 Å². The lowest BCUT2D eigenvalue weighted by Gasteiger charge is -2.21. The molecule has 0 radical (unpaired) electrons. The zero-order chi connectivity index (χ0) is 11.1. The molecule has 0 bridgehead atoms. The molecule has 0 aliphatic carbocycles. The van der Waals surface area contributed by atoms with Crippen molar-refractivity contribution in [3.05, 3.63) is 11.6 Å². The van der Waals surface area contributed by atoms with Crippen LogP contribution in [0.5, 0.6) is 0 Å². The van der Waals surface area contributed by atoms with Crippen LogP contribution in [0.25, 0.3) is 0 Å². The molecule has 0 spiro atoms. The quantitative estimate of drug-likeness (QED) is 0.421. The fourth-order valence-corrected chi connectivity index (χ4v) is 2.11. The molecule has 15 heavy (non-hydrogen) atoms. The van der Waals surface area contributed by atoms with Crippen LogP contribution in [0.1, 0.15) is 39.5 Å². The first-order chi connectivity index (χ1) is 7.16. The molecule has 1 fully saturated rings. The average molecular weight is 324 g/mol. The summed E-state index contributed by atoms with van der Waals surface area (Å²) in [6.45, 7) is 5.74. The largest absolute Gasteiger partial charge is 0.348 e. The molecule has 1 aliphatic rings. The second-order valence-electron chi connectivity index (χ2n) is 4.21. The molecule has 1 rings (SSSR count). The first-order valence-corrected chi connectivity index (χ1v) is 7.18. The van der Waals surface area contributed by atoms with Crippen LogP contribution in [-0.4, -0.2) is 23.4 Å². The van der Waals surface area contributed by atoms with E-state index in [-0.39, 0.29) is 5.79 Å². The van der Waals surface area contributed by atoms with Gasteiger partial charge >= 0.3 is 0 Å². The van der Waals surface area contributed by atoms with E-state index in [4.69, 9.17) is 9.47 Å². The summed E-state index contributed by atoms with van der Waals surface area (Å²) >= 11 is 2.42. The summed E-state index contributed by atoms with van der Waals surface area (Å²) < 4.78 is 12.3. The highest BCUT2D eigenvalue weighted by Gasteiger charge is 2.29. The molecule has 0 aromatic heterocycles. The summed E-state index contributed by atoms with van der Waals surface area (Å²) in [4.78, 5) is 0. The number of hydrogen-bond donors (Lipinski definition) is 0. The van der Waals surface area contributed by atoms with Crippen molar-refractivity contribution < 1.29 is 9.47 Å². The number of ether oxygens (including phenoxy) is 2. The lowest BCUT2D eigenvalue weighted by molar-refractivity contribution is -0.145. The van der Waals surface area contributed by atoms with E-state index in [0.717, 1.165) is 26.1 Å². The molecule has 0 saturated carbocycles. The third kappa shape index (κ3) is 5.31. The maximum atomic E-state index is 5.55. The predicted octanol–water partition coefficient (Wildman–Crippen LogP) is 3.69. The van der Waals surface area contributed by atoms with Crippen LogP contribution < -0.4 is 0 Å². The number of allylic oxidation sites excluding steroid dienone is 2. The van der Waals surface area contributed by atoms with Crippen LogP contribution in [0.4, 0.5) is 0 Å². The van der Waals surface area contributed by atoms with Gasteiger partial charge in [-0.2, -0.15) is 0 Å². The number of hydrogen-bond acceptors (Lipinski definition) is 2. The van der Waals surface area contributed by atoms with Crippen molar-refractivity contribution in [1.29, 1.82) is 0 Å². The van der Waals surface area contributed by atoms with E-state index in [1.165, 1.54) is 22.8 Å². The van der Waals surface area contributed by atoms with Crippen molar-refractivity contribution in [3.63, 3.8) is 0 Å². The number of halogens is 1. The van der Waals surface area contributed by atoms with Gasteiger partial charge in [0.15, 0.2) is 5.79 Å². The molecule has 0 unspecified atom stereocenters. The van der Waals surface area contributed by atoms with Crippen molar-refractivity contribution in [2.45, 2.75) is 45.3 Å². The first kappa shape index (κ1) is 13.5. The minimum atomic E-state index is -0.319. The normalized spacial score (nSPS) is 20.9. The van der Waals surface area contributed by atoms with Crippen molar-refractivity contribution >= 4 is 22.6 Å². The standard InChI is InChI=1S/C12H21IO2/c1-11(6-4-8-13)5-3-7-12(2)14-9-10-15-12/h5H,3-4,6-10H2,1-2H3/b11-5+. The van der Waals surface area contributed by atoms with Gasteiger partial charge in [-0.15, -0.1) is 0 Å². The first-order valence-electron chi connectivity index (χ1n) is 5.66. The van der Waals surface area contributed by atoms with Gasteiger partial charge in [-0.3, -0.25) is 0 Å². The Morgan fingerprint density at radius 2 is 2.07 bits per heavy atom. The van der Waals surface area contributed by atoms with Gasteiger partial charge in [0.05, 0.1) is 13.2 Å². The van der Waals surface area contributed by atoms with Crippen LogP contribution in [0.2, 0.25) is 0 Å². The van der Waals surface area contributed by atoms with E-state index in [9.17, 15) is 0 Å². The van der Waals surface area contributed by atoms with Gasteiger partial charge in [-0.05, 0) is 37.5 Å². The Balaban J connectivity index is 2.19. The third-order valence-corrected chi connectivity index (χ3v) is 3.46. The molecule has 3 heteroatoms. The Morgan fingerprint density at radius 3 is 2.67 bits per heavy atom. The molecule has 88 valence electrons. The van der Waals surface area contributed by atoms with Crippen molar-refractivity contribution in [1.82, 2.24) is 0 Å². The Hall–Kier alpha value is 0.390. The second kappa shape index (κ2) is 6.86. The SMILES string of the molecule is C/C(=C\CCC1(C)OCCO1)CCCI. The molecular weight excluding hydrogens is 303 g/mol. The number of rotatable bonds is 6. The molecule has 0 N–H and O–H groups in total. The highest BCUT2D eigenvalue weighted by atomic mass is 127. The zero-order valence-corrected chi connectivity index (χ0v) is 11.9. The lowest BCUT2D eigenvalue weighted by atomic mass is 10.1. The third-order valence-electron chi connectivity index (χ3n) is 2.69. The summed E-state index contributed by atoms with van der Waals surface area (Å²) in [7, 11) is 0. The van der Waals surface area contributed by atoms with Gasteiger partial charge in [0, 0.05) is 6.42 Å². The highest BCUT2D eigenvalue weighted by molar-refractivity contribution is 14.1. The fraction of sp³-hybridized carbons (Fsp3) is 0.833. The average Bonchev–Trinajstić information content (AvgIpc) is 2.62. The Bertz CT molecular complexity index is 208. The van der Waals surface area contributed by atoms with Crippen molar-refractivity contribution in [2.75, 3.05) is 17.6 Å². The van der Waals surface area contributed by atoms with E-state index in [1.807, 2.05) is 6.92 Å². The van der Waals surface area contributed by atoms with Gasteiger partial charge < -0.3 is 9.47 Å². The van der Waals surface area contributed by atoms with Crippen LogP contribution in [0.3, 0.4) is 0 Å². The van der Waals surface area contributed by atoms with Gasteiger partial charge in [0.1, 0.15) is 0 Å². The smallest absolute Gasteiger partial charge is 0.166 e. The maximum Gasteiger partial charge on any atom is 0.166 e. The summed E-state index contributed by atoms with van der Waals surface area (Å²) in [6.07, 6.45) is 6.86. The summed E-state index contributed by atoms with van der Waals surface area (Å²) in [5, 5.41) is 0. The van der Waals surface area contributed by atoms with E-state index >= 15 is 0 Å². The molecular formula is C12H21IO2. The Labute approximate surface area is 107 Å². The zero-order valence-electron chi connectivity index (χ0n) is 9.72. The highest BCUT2D eigenvalue weighted by Crippen LogP contribution is 2.24. The van der Waals surface area contributed by atoms with Gasteiger partial charge in [0.25, 0.3) is 0 Å². The summed E-state index contributed by atoms with van der Waals surface area (Å²) in [5.41, 5.74) is 1.49. The lowest BCUT2D eigenvalue weighted by Crippen LogP contribution is -2.24. The van der Waals surface area contributed by atoms with Crippen LogP contribution >= 0.6 is 22.6 Å². The predicted molar refractivity (Wildman–Crippen MR) is 71.4 cm³/mol. The molecule has 0 amide bonds. The van der Waals surface area contributed by atoms with Crippen molar-refractivity contribution in [2.24, 2.45) is 0 Å². The van der Waals surface area contributed by atoms with Crippen molar-refractivity contribution in [3.8, 4) is 0 Å². The number of alkyl halides is 1. The molecule has 1 saturated heterocycles. The Kier molecular flexibility index (Phi) is 6.16.